The molecule has 19 heavy (non-hydrogen) atoms. The van der Waals surface area contributed by atoms with Gasteiger partial charge in [-0.25, -0.2) is 0 Å². The average molecular weight is 265 g/mol. The molecular weight excluding hydrogens is 251 g/mol. The zero-order valence-corrected chi connectivity index (χ0v) is 10.5. The molecule has 1 nitrogen and oxygen atoms in total. The maximum Gasteiger partial charge on any atom is 0.416 e. The number of nitrogens with two attached hydrogens (primary N) is 1. The lowest BCUT2D eigenvalue weighted by Crippen LogP contribution is -2.07. The predicted octanol–water partition coefficient (Wildman–Crippen LogP) is 4.19. The van der Waals surface area contributed by atoms with Crippen LogP contribution in [0.25, 0.3) is 0 Å². The van der Waals surface area contributed by atoms with Gasteiger partial charge in [0.25, 0.3) is 0 Å². The van der Waals surface area contributed by atoms with Gasteiger partial charge in [0.15, 0.2) is 0 Å². The molecule has 100 valence electrons. The van der Waals surface area contributed by atoms with Crippen molar-refractivity contribution in [2.45, 2.75) is 19.5 Å². The summed E-state index contributed by atoms with van der Waals surface area (Å²) in [5.74, 6) is 0. The highest BCUT2D eigenvalue weighted by atomic mass is 19.4. The molecule has 0 saturated carbocycles. The number of rotatable bonds is 2. The van der Waals surface area contributed by atoms with Crippen molar-refractivity contribution in [1.82, 2.24) is 0 Å². The van der Waals surface area contributed by atoms with Crippen molar-refractivity contribution in [3.05, 3.63) is 64.7 Å². The highest BCUT2D eigenvalue weighted by molar-refractivity contribution is 5.51. The third-order valence-electron chi connectivity index (χ3n) is 2.99. The lowest BCUT2D eigenvalue weighted by molar-refractivity contribution is -0.137. The van der Waals surface area contributed by atoms with Crippen molar-refractivity contribution in [3.8, 4) is 0 Å². The van der Waals surface area contributed by atoms with Gasteiger partial charge in [-0.1, -0.05) is 29.8 Å². The molecule has 2 aromatic carbocycles. The largest absolute Gasteiger partial charge is 0.416 e. The van der Waals surface area contributed by atoms with Gasteiger partial charge in [0, 0.05) is 5.69 Å². The zero-order chi connectivity index (χ0) is 14.0. The van der Waals surface area contributed by atoms with E-state index >= 15 is 0 Å². The predicted molar refractivity (Wildman–Crippen MR) is 69.8 cm³/mol. The van der Waals surface area contributed by atoms with Crippen molar-refractivity contribution in [2.24, 2.45) is 0 Å². The lowest BCUT2D eigenvalue weighted by Gasteiger charge is -2.11. The van der Waals surface area contributed by atoms with Crippen LogP contribution in [0.15, 0.2) is 42.5 Å². The van der Waals surface area contributed by atoms with Crippen LogP contribution in [0.3, 0.4) is 0 Å². The first-order valence-electron chi connectivity index (χ1n) is 5.87. The monoisotopic (exact) mass is 265 g/mol. The molecule has 0 radical (unpaired) electrons. The maximum absolute atomic E-state index is 12.7. The SMILES string of the molecule is Cc1ccc(Cc2cc(C(F)(F)F)ccc2N)cc1. The van der Waals surface area contributed by atoms with E-state index in [0.29, 0.717) is 17.7 Å². The fraction of sp³-hybridized carbons (Fsp3) is 0.200. The Morgan fingerprint density at radius 2 is 1.63 bits per heavy atom. The van der Waals surface area contributed by atoms with E-state index < -0.39 is 11.7 Å². The van der Waals surface area contributed by atoms with Crippen LogP contribution in [0.1, 0.15) is 22.3 Å². The van der Waals surface area contributed by atoms with Gasteiger partial charge in [0.05, 0.1) is 5.56 Å². The van der Waals surface area contributed by atoms with E-state index in [4.69, 9.17) is 5.73 Å². The second-order valence-corrected chi connectivity index (χ2v) is 4.57. The fourth-order valence-electron chi connectivity index (χ4n) is 1.86. The Hall–Kier alpha value is -1.97. The van der Waals surface area contributed by atoms with Crippen molar-refractivity contribution >= 4 is 5.69 Å². The normalized spacial score (nSPS) is 11.6. The molecule has 2 rings (SSSR count). The first-order chi connectivity index (χ1) is 8.86. The number of aryl methyl sites for hydroxylation is 1. The van der Waals surface area contributed by atoms with Crippen LogP contribution in [0.4, 0.5) is 18.9 Å². The molecule has 4 heteroatoms. The molecule has 0 aromatic heterocycles. The molecular formula is C15H14F3N. The van der Waals surface area contributed by atoms with Gasteiger partial charge in [0.1, 0.15) is 0 Å². The molecule has 0 amide bonds. The first-order valence-corrected chi connectivity index (χ1v) is 5.87. The van der Waals surface area contributed by atoms with E-state index in [1.54, 1.807) is 0 Å². The van der Waals surface area contributed by atoms with Crippen LogP contribution in [0, 0.1) is 6.92 Å². The number of hydrogen-bond acceptors (Lipinski definition) is 1. The fourth-order valence-corrected chi connectivity index (χ4v) is 1.86. The van der Waals surface area contributed by atoms with E-state index in [1.807, 2.05) is 31.2 Å². The molecule has 0 heterocycles. The average Bonchev–Trinajstić information content (AvgIpc) is 2.33. The highest BCUT2D eigenvalue weighted by Gasteiger charge is 2.30. The summed E-state index contributed by atoms with van der Waals surface area (Å²) in [7, 11) is 0. The second-order valence-electron chi connectivity index (χ2n) is 4.57. The maximum atomic E-state index is 12.7. The molecule has 2 N–H and O–H groups in total. The van der Waals surface area contributed by atoms with E-state index in [0.717, 1.165) is 23.3 Å². The molecule has 0 aliphatic heterocycles. The van der Waals surface area contributed by atoms with Crippen molar-refractivity contribution in [2.75, 3.05) is 5.73 Å². The molecule has 0 bridgehead atoms. The smallest absolute Gasteiger partial charge is 0.398 e. The molecule has 2 aromatic rings. The third kappa shape index (κ3) is 3.28. The van der Waals surface area contributed by atoms with E-state index in [1.165, 1.54) is 6.07 Å². The van der Waals surface area contributed by atoms with E-state index in [2.05, 4.69) is 0 Å². The Kier molecular flexibility index (Phi) is 3.51. The Morgan fingerprint density at radius 1 is 1.00 bits per heavy atom. The van der Waals surface area contributed by atoms with Gasteiger partial charge in [0.2, 0.25) is 0 Å². The Bertz CT molecular complexity index is 571. The summed E-state index contributed by atoms with van der Waals surface area (Å²) in [6, 6.07) is 11.1. The van der Waals surface area contributed by atoms with Crippen LogP contribution >= 0.6 is 0 Å². The Morgan fingerprint density at radius 3 is 2.21 bits per heavy atom. The Balaban J connectivity index is 2.31. The number of anilines is 1. The van der Waals surface area contributed by atoms with Crippen LogP contribution in [0.5, 0.6) is 0 Å². The molecule has 0 atom stereocenters. The van der Waals surface area contributed by atoms with E-state index in [9.17, 15) is 13.2 Å². The van der Waals surface area contributed by atoms with Crippen LogP contribution in [-0.4, -0.2) is 0 Å². The number of alkyl halides is 3. The molecule has 0 fully saturated rings. The van der Waals surface area contributed by atoms with Crippen molar-refractivity contribution in [1.29, 1.82) is 0 Å². The second kappa shape index (κ2) is 4.96. The van der Waals surface area contributed by atoms with Gasteiger partial charge in [-0.15, -0.1) is 0 Å². The third-order valence-corrected chi connectivity index (χ3v) is 2.99. The van der Waals surface area contributed by atoms with Crippen molar-refractivity contribution in [3.63, 3.8) is 0 Å². The number of halogens is 3. The molecule has 0 aliphatic rings. The molecule has 0 spiro atoms. The topological polar surface area (TPSA) is 26.0 Å². The quantitative estimate of drug-likeness (QED) is 0.810. The first kappa shape index (κ1) is 13.5. The van der Waals surface area contributed by atoms with Crippen LogP contribution < -0.4 is 5.73 Å². The van der Waals surface area contributed by atoms with Crippen LogP contribution in [-0.2, 0) is 12.6 Å². The highest BCUT2D eigenvalue weighted by Crippen LogP contribution is 2.31. The molecule has 0 unspecified atom stereocenters. The number of hydrogen-bond donors (Lipinski definition) is 1. The van der Waals surface area contributed by atoms with Gasteiger partial charge in [-0.05, 0) is 42.7 Å². The summed E-state index contributed by atoms with van der Waals surface area (Å²) < 4.78 is 38.0. The van der Waals surface area contributed by atoms with Crippen LogP contribution in [0.2, 0.25) is 0 Å². The summed E-state index contributed by atoms with van der Waals surface area (Å²) in [6.45, 7) is 1.96. The summed E-state index contributed by atoms with van der Waals surface area (Å²) in [5, 5.41) is 0. The standard InChI is InChI=1S/C15H14F3N/c1-10-2-4-11(5-3-10)8-12-9-13(15(16,17)18)6-7-14(12)19/h2-7,9H,8,19H2,1H3. The zero-order valence-electron chi connectivity index (χ0n) is 10.5. The molecule has 0 saturated heterocycles. The summed E-state index contributed by atoms with van der Waals surface area (Å²) >= 11 is 0. The minimum Gasteiger partial charge on any atom is -0.398 e. The molecule has 0 aliphatic carbocycles. The lowest BCUT2D eigenvalue weighted by atomic mass is 10.00. The summed E-state index contributed by atoms with van der Waals surface area (Å²) in [6.07, 6.45) is -3.94. The van der Waals surface area contributed by atoms with Gasteiger partial charge >= 0.3 is 6.18 Å². The van der Waals surface area contributed by atoms with Gasteiger partial charge < -0.3 is 5.73 Å². The number of nitrogen functional groups attached to an aromatic ring is 1. The summed E-state index contributed by atoms with van der Waals surface area (Å²) in [4.78, 5) is 0. The minimum atomic E-state index is -4.34. The number of benzene rings is 2. The van der Waals surface area contributed by atoms with Crippen molar-refractivity contribution < 1.29 is 13.2 Å². The Labute approximate surface area is 109 Å². The summed E-state index contributed by atoms with van der Waals surface area (Å²) in [5.41, 5.74) is 8.01. The van der Waals surface area contributed by atoms with Gasteiger partial charge in [-0.2, -0.15) is 13.2 Å². The van der Waals surface area contributed by atoms with Gasteiger partial charge in [-0.3, -0.25) is 0 Å². The van der Waals surface area contributed by atoms with E-state index in [-0.39, 0.29) is 0 Å². The minimum absolute atomic E-state index is 0.383.